The Bertz CT molecular complexity index is 703. The Labute approximate surface area is 149 Å². The third kappa shape index (κ3) is 5.94. The first-order valence-electron chi connectivity index (χ1n) is 7.57. The largest absolute Gasteiger partial charge is 0.497 e. The van der Waals surface area contributed by atoms with Crippen molar-refractivity contribution >= 4 is 23.4 Å². The summed E-state index contributed by atoms with van der Waals surface area (Å²) in [4.78, 5) is 12.5. The lowest BCUT2D eigenvalue weighted by Crippen LogP contribution is -2.13. The molecule has 0 spiro atoms. The van der Waals surface area contributed by atoms with Crippen LogP contribution in [0.15, 0.2) is 47.4 Å². The molecule has 2 rings (SSSR count). The van der Waals surface area contributed by atoms with Gasteiger partial charge >= 0.3 is 0 Å². The smallest absolute Gasteiger partial charge is 0.288 e. The van der Waals surface area contributed by atoms with Gasteiger partial charge in [0.1, 0.15) is 11.5 Å². The Morgan fingerprint density at radius 1 is 1.12 bits per heavy atom. The third-order valence-corrected chi connectivity index (χ3v) is 4.22. The number of carbonyl (C=O) groups excluding carboxylic acids is 1. The number of nitrogens with one attached hydrogen (secondary N) is 1. The number of methoxy groups -OCH3 is 2. The van der Waals surface area contributed by atoms with Gasteiger partial charge in [0.15, 0.2) is 0 Å². The standard InChI is InChI=1S/C18H19F2NO3S/c1-23-13-9-12(10-14(11-13)24-2)7-8-17(22)21-15-5-3-4-6-16(15)25-18(19)20/h3-6,9-11,18H,7-8H2,1-2H3,(H,21,22). The van der Waals surface area contributed by atoms with Gasteiger partial charge in [0, 0.05) is 17.4 Å². The van der Waals surface area contributed by atoms with Crippen LogP contribution in [-0.2, 0) is 11.2 Å². The van der Waals surface area contributed by atoms with Crippen molar-refractivity contribution in [3.05, 3.63) is 48.0 Å². The summed E-state index contributed by atoms with van der Waals surface area (Å²) in [7, 11) is 3.12. The summed E-state index contributed by atoms with van der Waals surface area (Å²) in [5.41, 5.74) is 1.28. The van der Waals surface area contributed by atoms with Crippen LogP contribution in [-0.4, -0.2) is 25.9 Å². The van der Waals surface area contributed by atoms with Crippen LogP contribution in [0.2, 0.25) is 0 Å². The van der Waals surface area contributed by atoms with Crippen molar-refractivity contribution in [2.75, 3.05) is 19.5 Å². The molecule has 0 atom stereocenters. The predicted molar refractivity (Wildman–Crippen MR) is 94.8 cm³/mol. The lowest BCUT2D eigenvalue weighted by atomic mass is 10.1. The molecule has 0 fully saturated rings. The van der Waals surface area contributed by atoms with Crippen LogP contribution >= 0.6 is 11.8 Å². The second-order valence-corrected chi connectivity index (χ2v) is 6.18. The van der Waals surface area contributed by atoms with Crippen molar-refractivity contribution in [3.63, 3.8) is 0 Å². The van der Waals surface area contributed by atoms with Crippen LogP contribution in [0.4, 0.5) is 14.5 Å². The van der Waals surface area contributed by atoms with Crippen molar-refractivity contribution in [3.8, 4) is 11.5 Å². The first-order valence-corrected chi connectivity index (χ1v) is 8.45. The van der Waals surface area contributed by atoms with Crippen molar-refractivity contribution in [1.29, 1.82) is 0 Å². The molecule has 7 heteroatoms. The van der Waals surface area contributed by atoms with Gasteiger partial charge in [0.2, 0.25) is 5.91 Å². The van der Waals surface area contributed by atoms with Gasteiger partial charge in [-0.2, -0.15) is 8.78 Å². The number of ether oxygens (including phenoxy) is 2. The number of hydrogen-bond acceptors (Lipinski definition) is 4. The molecule has 134 valence electrons. The quantitative estimate of drug-likeness (QED) is 0.693. The van der Waals surface area contributed by atoms with Gasteiger partial charge in [0.25, 0.3) is 5.76 Å². The highest BCUT2D eigenvalue weighted by Crippen LogP contribution is 2.31. The molecule has 2 aromatic carbocycles. The first-order chi connectivity index (χ1) is 12.0. The number of amides is 1. The summed E-state index contributed by atoms with van der Waals surface area (Å²) in [6.45, 7) is 0. The molecule has 0 aromatic heterocycles. The number of thioether (sulfide) groups is 1. The van der Waals surface area contributed by atoms with E-state index in [1.54, 1.807) is 44.6 Å². The number of benzene rings is 2. The number of rotatable bonds is 8. The van der Waals surface area contributed by atoms with Crippen LogP contribution in [0.5, 0.6) is 11.5 Å². The van der Waals surface area contributed by atoms with E-state index in [9.17, 15) is 13.6 Å². The van der Waals surface area contributed by atoms with E-state index >= 15 is 0 Å². The molecule has 0 radical (unpaired) electrons. The molecule has 0 aliphatic carbocycles. The molecule has 4 nitrogen and oxygen atoms in total. The maximum absolute atomic E-state index is 12.6. The lowest BCUT2D eigenvalue weighted by Gasteiger charge is -2.11. The van der Waals surface area contributed by atoms with E-state index in [1.807, 2.05) is 12.1 Å². The van der Waals surface area contributed by atoms with Crippen molar-refractivity contribution < 1.29 is 23.0 Å². The molecule has 0 aliphatic heterocycles. The molecule has 0 heterocycles. The molecule has 2 aromatic rings. The van der Waals surface area contributed by atoms with E-state index in [4.69, 9.17) is 9.47 Å². The van der Waals surface area contributed by atoms with Gasteiger partial charge < -0.3 is 14.8 Å². The summed E-state index contributed by atoms with van der Waals surface area (Å²) >= 11 is 0.410. The third-order valence-electron chi connectivity index (χ3n) is 3.43. The number of carbonyl (C=O) groups is 1. The number of hydrogen-bond donors (Lipinski definition) is 1. The van der Waals surface area contributed by atoms with E-state index in [-0.39, 0.29) is 12.3 Å². The molecule has 0 saturated heterocycles. The minimum absolute atomic E-state index is 0.212. The molecule has 1 amide bonds. The minimum Gasteiger partial charge on any atom is -0.497 e. The number of anilines is 1. The lowest BCUT2D eigenvalue weighted by molar-refractivity contribution is -0.116. The number of para-hydroxylation sites is 1. The molecule has 0 bridgehead atoms. The van der Waals surface area contributed by atoms with Gasteiger partial charge in [-0.15, -0.1) is 0 Å². The zero-order valence-electron chi connectivity index (χ0n) is 13.9. The number of alkyl halides is 2. The van der Waals surface area contributed by atoms with Gasteiger partial charge in [0.05, 0.1) is 19.9 Å². The Morgan fingerprint density at radius 3 is 2.36 bits per heavy atom. The van der Waals surface area contributed by atoms with Crippen LogP contribution in [0.1, 0.15) is 12.0 Å². The maximum atomic E-state index is 12.6. The van der Waals surface area contributed by atoms with E-state index in [1.165, 1.54) is 0 Å². The van der Waals surface area contributed by atoms with E-state index in [0.29, 0.717) is 40.3 Å². The Hall–Kier alpha value is -2.28. The predicted octanol–water partition coefficient (Wildman–Crippen LogP) is 4.59. The van der Waals surface area contributed by atoms with E-state index < -0.39 is 5.76 Å². The monoisotopic (exact) mass is 367 g/mol. The van der Waals surface area contributed by atoms with Crippen LogP contribution in [0.3, 0.4) is 0 Å². The normalized spacial score (nSPS) is 10.6. The molecule has 25 heavy (non-hydrogen) atoms. The van der Waals surface area contributed by atoms with E-state index in [0.717, 1.165) is 5.56 Å². The molecule has 0 aliphatic rings. The van der Waals surface area contributed by atoms with Crippen molar-refractivity contribution in [2.24, 2.45) is 0 Å². The maximum Gasteiger partial charge on any atom is 0.288 e. The van der Waals surface area contributed by atoms with Crippen molar-refractivity contribution in [2.45, 2.75) is 23.5 Å². The van der Waals surface area contributed by atoms with Crippen LogP contribution in [0, 0.1) is 0 Å². The number of aryl methyl sites for hydroxylation is 1. The number of halogens is 2. The average molecular weight is 367 g/mol. The topological polar surface area (TPSA) is 47.6 Å². The first kappa shape index (κ1) is 19.1. The summed E-state index contributed by atoms with van der Waals surface area (Å²) < 4.78 is 35.5. The van der Waals surface area contributed by atoms with Crippen LogP contribution in [0.25, 0.3) is 0 Å². The Kier molecular flexibility index (Phi) is 7.06. The second kappa shape index (κ2) is 9.27. The Morgan fingerprint density at radius 2 is 1.76 bits per heavy atom. The second-order valence-electron chi connectivity index (χ2n) is 5.14. The van der Waals surface area contributed by atoms with E-state index in [2.05, 4.69) is 5.32 Å². The molecule has 0 saturated carbocycles. The Balaban J connectivity index is 2.00. The zero-order valence-corrected chi connectivity index (χ0v) is 14.7. The van der Waals surface area contributed by atoms with Gasteiger partial charge in [-0.25, -0.2) is 0 Å². The summed E-state index contributed by atoms with van der Waals surface area (Å²) in [5, 5.41) is 2.69. The van der Waals surface area contributed by atoms with Gasteiger partial charge in [-0.3, -0.25) is 4.79 Å². The highest BCUT2D eigenvalue weighted by molar-refractivity contribution is 7.99. The summed E-state index contributed by atoms with van der Waals surface area (Å²) in [5.74, 6) is -1.49. The SMILES string of the molecule is COc1cc(CCC(=O)Nc2ccccc2SC(F)F)cc(OC)c1. The van der Waals surface area contributed by atoms with Gasteiger partial charge in [-0.1, -0.05) is 23.9 Å². The van der Waals surface area contributed by atoms with Gasteiger partial charge in [-0.05, 0) is 36.2 Å². The molecular weight excluding hydrogens is 348 g/mol. The van der Waals surface area contributed by atoms with Crippen molar-refractivity contribution in [1.82, 2.24) is 0 Å². The average Bonchev–Trinajstić information content (AvgIpc) is 2.61. The fourth-order valence-corrected chi connectivity index (χ4v) is 2.85. The minimum atomic E-state index is -2.54. The summed E-state index contributed by atoms with van der Waals surface area (Å²) in [6.07, 6.45) is 0.688. The highest BCUT2D eigenvalue weighted by Gasteiger charge is 2.12. The molecule has 1 N–H and O–H groups in total. The summed E-state index contributed by atoms with van der Waals surface area (Å²) in [6, 6.07) is 11.9. The fraction of sp³-hybridized carbons (Fsp3) is 0.278. The zero-order chi connectivity index (χ0) is 18.2. The highest BCUT2D eigenvalue weighted by atomic mass is 32.2. The molecule has 0 unspecified atom stereocenters. The molecular formula is C18H19F2NO3S. The van der Waals surface area contributed by atoms with Crippen LogP contribution < -0.4 is 14.8 Å². The fourth-order valence-electron chi connectivity index (χ4n) is 2.25.